The molecule has 8 nitrogen and oxygen atoms in total. The van der Waals surface area contributed by atoms with E-state index in [1.165, 1.54) is 6.92 Å². The fraction of sp³-hybridized carbons (Fsp3) is 0.400. The molecule has 3 atom stereocenters. The number of nitrogens with one attached hydrogen (secondary N) is 2. The van der Waals surface area contributed by atoms with Gasteiger partial charge in [-0.25, -0.2) is 9.59 Å². The van der Waals surface area contributed by atoms with Gasteiger partial charge in [-0.3, -0.25) is 4.79 Å². The number of hydrogen-bond acceptors (Lipinski definition) is 5. The Bertz CT molecular complexity index is 974. The van der Waals surface area contributed by atoms with Gasteiger partial charge < -0.3 is 25.6 Å². The van der Waals surface area contributed by atoms with Crippen molar-refractivity contribution in [1.82, 2.24) is 10.6 Å². The van der Waals surface area contributed by atoms with Crippen LogP contribution in [0.2, 0.25) is 0 Å². The second kappa shape index (κ2) is 10.5. The summed E-state index contributed by atoms with van der Waals surface area (Å²) in [6, 6.07) is 13.5. The van der Waals surface area contributed by atoms with Gasteiger partial charge in [0.05, 0.1) is 6.10 Å². The van der Waals surface area contributed by atoms with Crippen LogP contribution in [0.1, 0.15) is 44.2 Å². The number of ether oxygens (including phenoxy) is 1. The molecule has 0 saturated heterocycles. The van der Waals surface area contributed by atoms with Crippen LogP contribution in [-0.4, -0.2) is 53.0 Å². The quantitative estimate of drug-likeness (QED) is 0.462. The first kappa shape index (κ1) is 24.3. The largest absolute Gasteiger partial charge is 0.480 e. The Labute approximate surface area is 193 Å². The number of alkyl carbamates (subject to hydrolysis) is 1. The predicted molar refractivity (Wildman–Crippen MR) is 123 cm³/mol. The lowest BCUT2D eigenvalue weighted by Gasteiger charge is -2.24. The van der Waals surface area contributed by atoms with E-state index in [4.69, 9.17) is 4.74 Å². The zero-order chi connectivity index (χ0) is 24.1. The van der Waals surface area contributed by atoms with Crippen molar-refractivity contribution in [1.29, 1.82) is 0 Å². The van der Waals surface area contributed by atoms with Crippen LogP contribution in [0, 0.1) is 5.92 Å². The van der Waals surface area contributed by atoms with Crippen LogP contribution in [0.3, 0.4) is 0 Å². The Morgan fingerprint density at radius 1 is 0.939 bits per heavy atom. The van der Waals surface area contributed by atoms with Crippen molar-refractivity contribution in [3.05, 3.63) is 59.7 Å². The maximum atomic E-state index is 12.7. The van der Waals surface area contributed by atoms with Crippen LogP contribution in [0.4, 0.5) is 4.79 Å². The number of aliphatic hydroxyl groups excluding tert-OH is 1. The van der Waals surface area contributed by atoms with Gasteiger partial charge in [-0.05, 0) is 41.5 Å². The fourth-order valence-corrected chi connectivity index (χ4v) is 4.13. The highest BCUT2D eigenvalue weighted by molar-refractivity contribution is 5.89. The van der Waals surface area contributed by atoms with Gasteiger partial charge in [-0.1, -0.05) is 62.4 Å². The molecule has 2 amide bonds. The average molecular weight is 455 g/mol. The second-order valence-electron chi connectivity index (χ2n) is 8.72. The summed E-state index contributed by atoms with van der Waals surface area (Å²) in [5.41, 5.74) is 4.36. The third-order valence-corrected chi connectivity index (χ3v) is 5.71. The van der Waals surface area contributed by atoms with Crippen molar-refractivity contribution in [3.8, 4) is 11.1 Å². The van der Waals surface area contributed by atoms with Crippen LogP contribution in [-0.2, 0) is 14.3 Å². The van der Waals surface area contributed by atoms with Crippen LogP contribution in [0.15, 0.2) is 48.5 Å². The minimum absolute atomic E-state index is 0.0458. The lowest BCUT2D eigenvalue weighted by molar-refractivity contribution is -0.145. The molecule has 0 radical (unpaired) electrons. The first-order valence-corrected chi connectivity index (χ1v) is 11.0. The smallest absolute Gasteiger partial charge is 0.407 e. The summed E-state index contributed by atoms with van der Waals surface area (Å²) >= 11 is 0. The van der Waals surface area contributed by atoms with Gasteiger partial charge in [-0.15, -0.1) is 0 Å². The van der Waals surface area contributed by atoms with Crippen LogP contribution in [0.25, 0.3) is 11.1 Å². The molecule has 33 heavy (non-hydrogen) atoms. The molecular weight excluding hydrogens is 424 g/mol. The molecular formula is C25H30N2O6. The number of aliphatic carboxylic acids is 1. The van der Waals surface area contributed by atoms with E-state index in [9.17, 15) is 24.6 Å². The molecule has 0 aliphatic heterocycles. The Morgan fingerprint density at radius 3 is 1.97 bits per heavy atom. The first-order chi connectivity index (χ1) is 15.7. The monoisotopic (exact) mass is 454 g/mol. The minimum atomic E-state index is -1.48. The molecule has 8 heteroatoms. The number of hydrogen-bond donors (Lipinski definition) is 4. The summed E-state index contributed by atoms with van der Waals surface area (Å²) in [6.07, 6.45) is -1.77. The molecule has 0 bridgehead atoms. The third-order valence-electron chi connectivity index (χ3n) is 5.71. The fourth-order valence-electron chi connectivity index (χ4n) is 4.13. The number of aliphatic hydroxyl groups is 1. The van der Waals surface area contributed by atoms with Crippen molar-refractivity contribution in [2.24, 2.45) is 5.92 Å². The molecule has 0 heterocycles. The molecule has 0 spiro atoms. The summed E-state index contributed by atoms with van der Waals surface area (Å²) in [5.74, 6) is -2.12. The second-order valence-corrected chi connectivity index (χ2v) is 8.72. The molecule has 1 aliphatic rings. The molecule has 4 N–H and O–H groups in total. The molecule has 0 saturated carbocycles. The van der Waals surface area contributed by atoms with Crippen molar-refractivity contribution in [3.63, 3.8) is 0 Å². The van der Waals surface area contributed by atoms with E-state index in [0.29, 0.717) is 0 Å². The Hall–Kier alpha value is -3.39. The van der Waals surface area contributed by atoms with Gasteiger partial charge in [0.15, 0.2) is 6.04 Å². The van der Waals surface area contributed by atoms with E-state index in [1.54, 1.807) is 0 Å². The number of rotatable bonds is 9. The molecule has 0 unspecified atom stereocenters. The van der Waals surface area contributed by atoms with Crippen LogP contribution >= 0.6 is 0 Å². The minimum Gasteiger partial charge on any atom is -0.480 e. The zero-order valence-corrected chi connectivity index (χ0v) is 18.9. The van der Waals surface area contributed by atoms with E-state index < -0.39 is 36.2 Å². The van der Waals surface area contributed by atoms with Gasteiger partial charge in [0.2, 0.25) is 5.91 Å². The van der Waals surface area contributed by atoms with Gasteiger partial charge >= 0.3 is 12.1 Å². The SMILES string of the molecule is CC(C)C[C@@H](NC(=O)OCC1c2ccccc2-c2ccccc21)C(=O)N[C@H](C(=O)O)[C@@H](C)O. The molecule has 2 aromatic rings. The Balaban J connectivity index is 1.67. The molecule has 1 aliphatic carbocycles. The van der Waals surface area contributed by atoms with Gasteiger partial charge in [0.1, 0.15) is 12.6 Å². The molecule has 2 aromatic carbocycles. The molecule has 3 rings (SSSR count). The van der Waals surface area contributed by atoms with Gasteiger partial charge in [-0.2, -0.15) is 0 Å². The van der Waals surface area contributed by atoms with Crippen molar-refractivity contribution in [2.45, 2.75) is 51.3 Å². The molecule has 0 fully saturated rings. The van der Waals surface area contributed by atoms with E-state index >= 15 is 0 Å². The third kappa shape index (κ3) is 5.70. The number of fused-ring (bicyclic) bond motifs is 3. The number of carboxylic acids is 1. The predicted octanol–water partition coefficient (Wildman–Crippen LogP) is 2.89. The highest BCUT2D eigenvalue weighted by Gasteiger charge is 2.32. The number of carboxylic acid groups (broad SMARTS) is 1. The maximum Gasteiger partial charge on any atom is 0.407 e. The summed E-state index contributed by atoms with van der Waals surface area (Å²) in [4.78, 5) is 36.6. The highest BCUT2D eigenvalue weighted by Crippen LogP contribution is 2.44. The van der Waals surface area contributed by atoms with E-state index in [2.05, 4.69) is 10.6 Å². The molecule has 0 aromatic heterocycles. The van der Waals surface area contributed by atoms with Gasteiger partial charge in [0.25, 0.3) is 0 Å². The van der Waals surface area contributed by atoms with Crippen molar-refractivity contribution >= 4 is 18.0 Å². The summed E-state index contributed by atoms with van der Waals surface area (Å²) in [6.45, 7) is 5.13. The standard InChI is InChI=1S/C25H30N2O6/c1-14(2)12-21(23(29)27-22(15(3)28)24(30)31)26-25(32)33-13-20-18-10-6-4-8-16(18)17-9-5-7-11-19(17)20/h4-11,14-15,20-22,28H,12-13H2,1-3H3,(H,26,32)(H,27,29)(H,30,31)/t15-,21-,22+/m1/s1. The summed E-state index contributed by atoms with van der Waals surface area (Å²) < 4.78 is 5.51. The zero-order valence-electron chi connectivity index (χ0n) is 18.9. The van der Waals surface area contributed by atoms with Crippen LogP contribution < -0.4 is 10.6 Å². The maximum absolute atomic E-state index is 12.7. The number of benzene rings is 2. The first-order valence-electron chi connectivity index (χ1n) is 11.0. The lowest BCUT2D eigenvalue weighted by atomic mass is 9.98. The van der Waals surface area contributed by atoms with Crippen LogP contribution in [0.5, 0.6) is 0 Å². The number of amides is 2. The van der Waals surface area contributed by atoms with E-state index in [0.717, 1.165) is 22.3 Å². The topological polar surface area (TPSA) is 125 Å². The molecule has 176 valence electrons. The Kier molecular flexibility index (Phi) is 7.71. The van der Waals surface area contributed by atoms with E-state index in [-0.39, 0.29) is 24.9 Å². The van der Waals surface area contributed by atoms with Crippen molar-refractivity contribution < 1.29 is 29.3 Å². The Morgan fingerprint density at radius 2 is 1.48 bits per heavy atom. The summed E-state index contributed by atoms with van der Waals surface area (Å²) in [5, 5.41) is 23.7. The lowest BCUT2D eigenvalue weighted by Crippen LogP contribution is -2.55. The van der Waals surface area contributed by atoms with Crippen molar-refractivity contribution in [2.75, 3.05) is 6.61 Å². The average Bonchev–Trinajstić information content (AvgIpc) is 3.08. The van der Waals surface area contributed by atoms with E-state index in [1.807, 2.05) is 62.4 Å². The number of carbonyl (C=O) groups excluding carboxylic acids is 2. The summed E-state index contributed by atoms with van der Waals surface area (Å²) in [7, 11) is 0. The number of carbonyl (C=O) groups is 3. The normalized spacial score (nSPS) is 15.2. The highest BCUT2D eigenvalue weighted by atomic mass is 16.5. The van der Waals surface area contributed by atoms with Gasteiger partial charge in [0, 0.05) is 5.92 Å².